The lowest BCUT2D eigenvalue weighted by molar-refractivity contribution is -0.150. The Morgan fingerprint density at radius 3 is 2.14 bits per heavy atom. The average Bonchev–Trinajstić information content (AvgIpc) is 2.50. The second-order valence-electron chi connectivity index (χ2n) is 5.07. The molecule has 1 amide bonds. The van der Waals surface area contributed by atoms with Gasteiger partial charge in [0.15, 0.2) is 6.10 Å². The first-order valence-electron chi connectivity index (χ1n) is 7.42. The van der Waals surface area contributed by atoms with E-state index in [1.54, 1.807) is 0 Å². The number of aliphatic hydroxyl groups is 4. The molecule has 5 N–H and O–H groups in total. The summed E-state index contributed by atoms with van der Waals surface area (Å²) in [7, 11) is 0. The van der Waals surface area contributed by atoms with Gasteiger partial charge in [0.1, 0.15) is 12.2 Å². The molecule has 0 rings (SSSR count). The standard InChI is InChI=1S/C14H27NO6/c1-2-3-4-5-6-7-8-15-14(21)13(20)12(19)11(18)10(17)9-16/h10-12,16-19H,2-9H2,1H3,(H,15,21)/t10-,11+,12+/m0/s1. The monoisotopic (exact) mass is 305 g/mol. The first-order chi connectivity index (χ1) is 9.95. The summed E-state index contributed by atoms with van der Waals surface area (Å²) in [6.45, 7) is 1.63. The van der Waals surface area contributed by atoms with Crippen LogP contribution in [0.2, 0.25) is 0 Å². The summed E-state index contributed by atoms with van der Waals surface area (Å²) in [6, 6.07) is 0. The number of hydrogen-bond donors (Lipinski definition) is 5. The van der Waals surface area contributed by atoms with E-state index >= 15 is 0 Å². The fraction of sp³-hybridized carbons (Fsp3) is 0.857. The van der Waals surface area contributed by atoms with Crippen LogP contribution in [0.15, 0.2) is 0 Å². The lowest BCUT2D eigenvalue weighted by Crippen LogP contribution is -2.49. The van der Waals surface area contributed by atoms with E-state index in [1.165, 1.54) is 6.42 Å². The number of unbranched alkanes of at least 4 members (excludes halogenated alkanes) is 5. The first kappa shape index (κ1) is 20.0. The van der Waals surface area contributed by atoms with E-state index in [9.17, 15) is 19.8 Å². The van der Waals surface area contributed by atoms with Crippen LogP contribution in [0, 0.1) is 0 Å². The van der Waals surface area contributed by atoms with Gasteiger partial charge < -0.3 is 25.7 Å². The fourth-order valence-corrected chi connectivity index (χ4v) is 1.80. The van der Waals surface area contributed by atoms with Gasteiger partial charge in [-0.2, -0.15) is 0 Å². The van der Waals surface area contributed by atoms with Gasteiger partial charge in [-0.25, -0.2) is 0 Å². The van der Waals surface area contributed by atoms with E-state index in [-0.39, 0.29) is 0 Å². The third-order valence-electron chi connectivity index (χ3n) is 3.21. The van der Waals surface area contributed by atoms with Crippen molar-refractivity contribution >= 4 is 11.7 Å². The van der Waals surface area contributed by atoms with Gasteiger partial charge in [0, 0.05) is 6.54 Å². The van der Waals surface area contributed by atoms with Crippen molar-refractivity contribution in [3.63, 3.8) is 0 Å². The van der Waals surface area contributed by atoms with Gasteiger partial charge >= 0.3 is 0 Å². The van der Waals surface area contributed by atoms with Gasteiger partial charge in [-0.3, -0.25) is 9.59 Å². The van der Waals surface area contributed by atoms with Crippen LogP contribution in [0.3, 0.4) is 0 Å². The molecule has 0 fully saturated rings. The van der Waals surface area contributed by atoms with Crippen LogP contribution >= 0.6 is 0 Å². The topological polar surface area (TPSA) is 127 Å². The molecule has 0 aliphatic heterocycles. The van der Waals surface area contributed by atoms with Crippen LogP contribution in [-0.2, 0) is 9.59 Å². The molecule has 3 atom stereocenters. The Morgan fingerprint density at radius 1 is 1.00 bits per heavy atom. The van der Waals surface area contributed by atoms with Crippen LogP contribution in [0.5, 0.6) is 0 Å². The summed E-state index contributed by atoms with van der Waals surface area (Å²) in [4.78, 5) is 23.0. The molecular weight excluding hydrogens is 278 g/mol. The van der Waals surface area contributed by atoms with Gasteiger partial charge in [-0.1, -0.05) is 39.0 Å². The summed E-state index contributed by atoms with van der Waals surface area (Å²) < 4.78 is 0. The maximum atomic E-state index is 11.5. The lowest BCUT2D eigenvalue weighted by atomic mass is 10.0. The third-order valence-corrected chi connectivity index (χ3v) is 3.21. The van der Waals surface area contributed by atoms with E-state index in [2.05, 4.69) is 12.2 Å². The minimum absolute atomic E-state index is 0.321. The van der Waals surface area contributed by atoms with Crippen molar-refractivity contribution in [2.24, 2.45) is 0 Å². The van der Waals surface area contributed by atoms with E-state index in [4.69, 9.17) is 10.2 Å². The molecule has 0 aromatic rings. The van der Waals surface area contributed by atoms with E-state index in [0.29, 0.717) is 6.54 Å². The number of Topliss-reactive ketones (excluding diaryl/α,β-unsaturated/α-hetero) is 1. The molecule has 0 heterocycles. The van der Waals surface area contributed by atoms with E-state index in [1.807, 2.05) is 0 Å². The number of nitrogens with one attached hydrogen (secondary N) is 1. The third kappa shape index (κ3) is 8.11. The van der Waals surface area contributed by atoms with Crippen LogP contribution in [0.1, 0.15) is 45.4 Å². The Hall–Kier alpha value is -1.02. The minimum atomic E-state index is -2.04. The number of rotatable bonds is 12. The minimum Gasteiger partial charge on any atom is -0.394 e. The molecule has 0 spiro atoms. The van der Waals surface area contributed by atoms with Gasteiger partial charge in [0.2, 0.25) is 0 Å². The highest BCUT2D eigenvalue weighted by Crippen LogP contribution is 2.04. The molecule has 0 aromatic carbocycles. The molecule has 7 heteroatoms. The Labute approximate surface area is 125 Å². The van der Waals surface area contributed by atoms with Crippen molar-refractivity contribution in [2.75, 3.05) is 13.2 Å². The summed E-state index contributed by atoms with van der Waals surface area (Å²) in [5.41, 5.74) is 0. The Kier molecular flexibility index (Phi) is 11.1. The molecular formula is C14H27NO6. The largest absolute Gasteiger partial charge is 0.394 e. The summed E-state index contributed by atoms with van der Waals surface area (Å²) in [5.74, 6) is -2.22. The smallest absolute Gasteiger partial charge is 0.290 e. The number of carbonyl (C=O) groups is 2. The first-order valence-corrected chi connectivity index (χ1v) is 7.42. The predicted molar refractivity (Wildman–Crippen MR) is 76.5 cm³/mol. The highest BCUT2D eigenvalue weighted by Gasteiger charge is 2.33. The van der Waals surface area contributed by atoms with Gasteiger partial charge in [0.25, 0.3) is 11.7 Å². The maximum absolute atomic E-state index is 11.5. The quantitative estimate of drug-likeness (QED) is 0.235. The summed E-state index contributed by atoms with van der Waals surface area (Å²) in [5, 5.41) is 38.8. The molecule has 0 saturated carbocycles. The zero-order valence-electron chi connectivity index (χ0n) is 12.5. The van der Waals surface area contributed by atoms with E-state index in [0.717, 1.165) is 32.1 Å². The zero-order valence-corrected chi connectivity index (χ0v) is 12.5. The zero-order chi connectivity index (χ0) is 16.3. The van der Waals surface area contributed by atoms with Crippen LogP contribution < -0.4 is 5.32 Å². The van der Waals surface area contributed by atoms with Crippen molar-refractivity contribution in [1.82, 2.24) is 5.32 Å². The highest BCUT2D eigenvalue weighted by molar-refractivity contribution is 6.37. The molecule has 21 heavy (non-hydrogen) atoms. The molecule has 0 radical (unpaired) electrons. The fourth-order valence-electron chi connectivity index (χ4n) is 1.80. The number of hydrogen-bond acceptors (Lipinski definition) is 6. The summed E-state index contributed by atoms with van der Waals surface area (Å²) >= 11 is 0. The molecule has 0 aliphatic rings. The number of aliphatic hydroxyl groups excluding tert-OH is 4. The van der Waals surface area contributed by atoms with Gasteiger partial charge in [-0.15, -0.1) is 0 Å². The second-order valence-corrected chi connectivity index (χ2v) is 5.07. The molecule has 0 saturated heterocycles. The Bertz CT molecular complexity index is 310. The van der Waals surface area contributed by atoms with Crippen LogP contribution in [0.4, 0.5) is 0 Å². The number of ketones is 1. The maximum Gasteiger partial charge on any atom is 0.290 e. The lowest BCUT2D eigenvalue weighted by Gasteiger charge is -2.19. The average molecular weight is 305 g/mol. The van der Waals surface area contributed by atoms with Gasteiger partial charge in [0.05, 0.1) is 6.61 Å². The molecule has 0 aliphatic carbocycles. The SMILES string of the molecule is CCCCCCCCNC(=O)C(=O)[C@H](O)[C@H](O)[C@@H](O)CO. The number of carbonyl (C=O) groups excluding carboxylic acids is 2. The molecule has 7 nitrogen and oxygen atoms in total. The molecule has 124 valence electrons. The van der Waals surface area contributed by atoms with Crippen molar-refractivity contribution < 1.29 is 30.0 Å². The molecule has 0 bridgehead atoms. The second kappa shape index (κ2) is 11.6. The Balaban J connectivity index is 3.92. The highest BCUT2D eigenvalue weighted by atomic mass is 16.4. The normalized spacial score (nSPS) is 15.3. The predicted octanol–water partition coefficient (Wildman–Crippen LogP) is -0.893. The van der Waals surface area contributed by atoms with Crippen molar-refractivity contribution in [1.29, 1.82) is 0 Å². The van der Waals surface area contributed by atoms with Crippen LogP contribution in [0.25, 0.3) is 0 Å². The van der Waals surface area contributed by atoms with Gasteiger partial charge in [-0.05, 0) is 6.42 Å². The molecule has 0 unspecified atom stereocenters. The van der Waals surface area contributed by atoms with Crippen LogP contribution in [-0.4, -0.2) is 63.6 Å². The van der Waals surface area contributed by atoms with Crippen molar-refractivity contribution in [3.05, 3.63) is 0 Å². The van der Waals surface area contributed by atoms with Crippen molar-refractivity contribution in [3.8, 4) is 0 Å². The summed E-state index contributed by atoms with van der Waals surface area (Å²) in [6.07, 6.45) is 0.639. The molecule has 0 aromatic heterocycles. The van der Waals surface area contributed by atoms with Crippen molar-refractivity contribution in [2.45, 2.75) is 63.8 Å². The number of amides is 1. The Morgan fingerprint density at radius 2 is 1.57 bits per heavy atom. The van der Waals surface area contributed by atoms with E-state index < -0.39 is 36.6 Å².